The molecule has 1 aromatic carbocycles. The fourth-order valence-electron chi connectivity index (χ4n) is 1.51. The third kappa shape index (κ3) is 4.58. The molecular weight excluding hydrogens is 337 g/mol. The van der Waals surface area contributed by atoms with Crippen LogP contribution in [0.5, 0.6) is 0 Å². The van der Waals surface area contributed by atoms with Crippen LogP contribution < -0.4 is 5.32 Å². The van der Waals surface area contributed by atoms with Gasteiger partial charge in [0.25, 0.3) is 0 Å². The van der Waals surface area contributed by atoms with Crippen LogP contribution in [0.25, 0.3) is 0 Å². The van der Waals surface area contributed by atoms with Gasteiger partial charge in [0.1, 0.15) is 0 Å². The van der Waals surface area contributed by atoms with E-state index in [4.69, 9.17) is 5.11 Å². The zero-order valence-electron chi connectivity index (χ0n) is 10.6. The summed E-state index contributed by atoms with van der Waals surface area (Å²) < 4.78 is 24.9. The number of carboxylic acids is 1. The second kappa shape index (κ2) is 7.00. The van der Waals surface area contributed by atoms with Crippen molar-refractivity contribution in [2.24, 2.45) is 0 Å². The Morgan fingerprint density at radius 2 is 2.21 bits per heavy atom. The van der Waals surface area contributed by atoms with E-state index >= 15 is 0 Å². The number of hydrogen-bond donors (Lipinski definition) is 2. The Bertz CT molecular complexity index is 510. The smallest absolute Gasteiger partial charge is 0.336 e. The second-order valence-corrected chi connectivity index (χ2v) is 6.55. The molecule has 4 nitrogen and oxygen atoms in total. The second-order valence-electron chi connectivity index (χ2n) is 4.21. The van der Waals surface area contributed by atoms with E-state index < -0.39 is 22.6 Å². The van der Waals surface area contributed by atoms with Gasteiger partial charge in [0.15, 0.2) is 5.82 Å². The predicted molar refractivity (Wildman–Crippen MR) is 77.7 cm³/mol. The van der Waals surface area contributed by atoms with Crippen LogP contribution in [0.3, 0.4) is 0 Å². The summed E-state index contributed by atoms with van der Waals surface area (Å²) in [5, 5.41) is 11.8. The summed E-state index contributed by atoms with van der Waals surface area (Å²) in [5.41, 5.74) is 0.108. The minimum Gasteiger partial charge on any atom is -0.478 e. The van der Waals surface area contributed by atoms with Crippen LogP contribution in [0.2, 0.25) is 0 Å². The van der Waals surface area contributed by atoms with Gasteiger partial charge in [0.05, 0.1) is 15.7 Å². The average Bonchev–Trinajstić information content (AvgIpc) is 2.32. The van der Waals surface area contributed by atoms with Gasteiger partial charge in [-0.2, -0.15) is 0 Å². The molecular formula is C12H15BrFNO3S. The van der Waals surface area contributed by atoms with Crippen molar-refractivity contribution in [3.8, 4) is 0 Å². The van der Waals surface area contributed by atoms with Crippen LogP contribution in [0.1, 0.15) is 23.7 Å². The van der Waals surface area contributed by atoms with Crippen LogP contribution in [0.4, 0.5) is 10.1 Å². The molecule has 19 heavy (non-hydrogen) atoms. The zero-order valence-corrected chi connectivity index (χ0v) is 13.0. The molecule has 0 aliphatic rings. The summed E-state index contributed by atoms with van der Waals surface area (Å²) in [6.07, 6.45) is 2.26. The van der Waals surface area contributed by atoms with Gasteiger partial charge in [-0.25, -0.2) is 9.18 Å². The number of nitrogens with one attached hydrogen (secondary N) is 1. The summed E-state index contributed by atoms with van der Waals surface area (Å²) in [5.74, 6) is -1.29. The Kier molecular flexibility index (Phi) is 5.93. The number of hydrogen-bond acceptors (Lipinski definition) is 3. The van der Waals surface area contributed by atoms with E-state index in [1.54, 1.807) is 6.26 Å². The molecule has 0 bridgehead atoms. The molecule has 0 spiro atoms. The lowest BCUT2D eigenvalue weighted by Gasteiger charge is -2.16. The van der Waals surface area contributed by atoms with Crippen LogP contribution in [-0.4, -0.2) is 33.3 Å². The fourth-order valence-corrected chi connectivity index (χ4v) is 2.71. The van der Waals surface area contributed by atoms with Crippen LogP contribution in [-0.2, 0) is 10.8 Å². The number of halogens is 2. The van der Waals surface area contributed by atoms with Crippen LogP contribution >= 0.6 is 15.9 Å². The van der Waals surface area contributed by atoms with E-state index in [0.29, 0.717) is 12.2 Å². The molecule has 1 rings (SSSR count). The lowest BCUT2D eigenvalue weighted by molar-refractivity contribution is 0.0695. The van der Waals surface area contributed by atoms with Crippen molar-refractivity contribution in [1.82, 2.24) is 0 Å². The van der Waals surface area contributed by atoms with E-state index in [-0.39, 0.29) is 21.8 Å². The highest BCUT2D eigenvalue weighted by Gasteiger charge is 2.16. The molecule has 1 aromatic rings. The van der Waals surface area contributed by atoms with Crippen molar-refractivity contribution < 1.29 is 18.5 Å². The molecule has 0 aromatic heterocycles. The van der Waals surface area contributed by atoms with Crippen molar-refractivity contribution >= 4 is 38.4 Å². The van der Waals surface area contributed by atoms with Crippen molar-refractivity contribution in [2.75, 3.05) is 17.3 Å². The average molecular weight is 352 g/mol. The Labute approximate surface area is 122 Å². The van der Waals surface area contributed by atoms with Crippen molar-refractivity contribution in [2.45, 2.75) is 19.4 Å². The minimum atomic E-state index is -1.19. The summed E-state index contributed by atoms with van der Waals surface area (Å²) in [6.45, 7) is 1.85. The molecule has 2 atom stereocenters. The van der Waals surface area contributed by atoms with E-state index in [9.17, 15) is 13.4 Å². The first-order valence-corrected chi connectivity index (χ1v) is 8.12. The van der Waals surface area contributed by atoms with Gasteiger partial charge in [-0.1, -0.05) is 0 Å². The molecule has 0 aliphatic heterocycles. The number of rotatable bonds is 6. The van der Waals surface area contributed by atoms with E-state index in [1.165, 1.54) is 12.1 Å². The first-order valence-electron chi connectivity index (χ1n) is 5.60. The van der Waals surface area contributed by atoms with Crippen molar-refractivity contribution in [1.29, 1.82) is 0 Å². The Hall–Kier alpha value is -0.950. The first kappa shape index (κ1) is 16.1. The Balaban J connectivity index is 2.82. The molecule has 0 amide bonds. The van der Waals surface area contributed by atoms with Gasteiger partial charge in [-0.3, -0.25) is 4.21 Å². The minimum absolute atomic E-state index is 0.0546. The monoisotopic (exact) mass is 351 g/mol. The predicted octanol–water partition coefficient (Wildman–Crippen LogP) is 2.86. The van der Waals surface area contributed by atoms with Crippen LogP contribution in [0, 0.1) is 5.82 Å². The standard InChI is InChI=1S/C12H15BrFNO3S/c1-7(5-6-19(2)18)15-9-4-3-8(12(16)17)10(13)11(9)14/h3-4,7,15H,5-6H2,1-2H3,(H,16,17). The van der Waals surface area contributed by atoms with Crippen molar-refractivity contribution in [3.63, 3.8) is 0 Å². The molecule has 2 N–H and O–H groups in total. The molecule has 0 saturated carbocycles. The quantitative estimate of drug-likeness (QED) is 0.826. The third-order valence-electron chi connectivity index (χ3n) is 2.55. The number of anilines is 1. The van der Waals surface area contributed by atoms with Gasteiger partial charge in [0.2, 0.25) is 0 Å². The zero-order chi connectivity index (χ0) is 14.6. The summed E-state index contributed by atoms with van der Waals surface area (Å²) >= 11 is 2.94. The molecule has 2 unspecified atom stereocenters. The summed E-state index contributed by atoms with van der Waals surface area (Å²) in [6, 6.07) is 2.67. The Morgan fingerprint density at radius 1 is 1.58 bits per heavy atom. The molecule has 106 valence electrons. The normalized spacial score (nSPS) is 13.9. The van der Waals surface area contributed by atoms with Gasteiger partial charge in [-0.05, 0) is 41.4 Å². The van der Waals surface area contributed by atoms with E-state index in [0.717, 1.165) is 0 Å². The number of carboxylic acid groups (broad SMARTS) is 1. The molecule has 0 radical (unpaired) electrons. The van der Waals surface area contributed by atoms with Gasteiger partial charge < -0.3 is 10.4 Å². The number of aromatic carboxylic acids is 1. The summed E-state index contributed by atoms with van der Waals surface area (Å²) in [4.78, 5) is 10.8. The third-order valence-corrected chi connectivity index (χ3v) is 4.14. The highest BCUT2D eigenvalue weighted by Crippen LogP contribution is 2.27. The number of benzene rings is 1. The van der Waals surface area contributed by atoms with Crippen molar-refractivity contribution in [3.05, 3.63) is 28.0 Å². The van der Waals surface area contributed by atoms with Gasteiger partial charge in [-0.15, -0.1) is 0 Å². The SMILES string of the molecule is CC(CCS(C)=O)Nc1ccc(C(=O)O)c(Br)c1F. The fraction of sp³-hybridized carbons (Fsp3) is 0.417. The van der Waals surface area contributed by atoms with Gasteiger partial charge >= 0.3 is 5.97 Å². The van der Waals surface area contributed by atoms with Gasteiger partial charge in [0, 0.05) is 28.9 Å². The van der Waals surface area contributed by atoms with E-state index in [2.05, 4.69) is 21.2 Å². The first-order chi connectivity index (χ1) is 8.82. The topological polar surface area (TPSA) is 66.4 Å². The molecule has 0 fully saturated rings. The Morgan fingerprint density at radius 3 is 2.74 bits per heavy atom. The van der Waals surface area contributed by atoms with E-state index in [1.807, 2.05) is 6.92 Å². The molecule has 0 aliphatic carbocycles. The highest BCUT2D eigenvalue weighted by molar-refractivity contribution is 9.10. The highest BCUT2D eigenvalue weighted by atomic mass is 79.9. The summed E-state index contributed by atoms with van der Waals surface area (Å²) in [7, 11) is -0.884. The lowest BCUT2D eigenvalue weighted by Crippen LogP contribution is -2.19. The molecule has 7 heteroatoms. The maximum absolute atomic E-state index is 13.9. The van der Waals surface area contributed by atoms with Crippen LogP contribution in [0.15, 0.2) is 16.6 Å². The largest absolute Gasteiger partial charge is 0.478 e. The lowest BCUT2D eigenvalue weighted by atomic mass is 10.1. The molecule has 0 saturated heterocycles. The maximum Gasteiger partial charge on any atom is 0.336 e. The molecule has 0 heterocycles. The number of carbonyl (C=O) groups is 1. The maximum atomic E-state index is 13.9.